The number of esters is 1. The summed E-state index contributed by atoms with van der Waals surface area (Å²) >= 11 is 11.8. The first-order valence-corrected chi connectivity index (χ1v) is 7.69. The molecule has 0 aliphatic rings. The van der Waals surface area contributed by atoms with Crippen LogP contribution in [0.25, 0.3) is 11.3 Å². The highest BCUT2D eigenvalue weighted by molar-refractivity contribution is 6.36. The number of nitrogens with zero attached hydrogens (tertiary/aromatic N) is 2. The lowest BCUT2D eigenvalue weighted by Gasteiger charge is -2.07. The molecule has 2 aromatic carbocycles. The van der Waals surface area contributed by atoms with Gasteiger partial charge in [-0.05, 0) is 42.5 Å². The summed E-state index contributed by atoms with van der Waals surface area (Å²) in [4.78, 5) is 23.5. The summed E-state index contributed by atoms with van der Waals surface area (Å²) in [6, 6.07) is 10.8. The maximum atomic E-state index is 12.2. The molecule has 0 atom stereocenters. The molecule has 0 unspecified atom stereocenters. The Morgan fingerprint density at radius 2 is 1.76 bits per heavy atom. The summed E-state index contributed by atoms with van der Waals surface area (Å²) in [5.41, 5.74) is 6.35. The smallest absolute Gasteiger partial charge is 0.345 e. The molecular weight excluding hydrogens is 367 g/mol. The largest absolute Gasteiger partial charge is 0.423 e. The Kier molecular flexibility index (Phi) is 4.69. The minimum absolute atomic E-state index is 0.0256. The number of halogens is 2. The van der Waals surface area contributed by atoms with E-state index in [0.717, 1.165) is 0 Å². The highest BCUT2D eigenvalue weighted by Crippen LogP contribution is 2.25. The summed E-state index contributed by atoms with van der Waals surface area (Å²) in [5, 5.41) is 10.6. The SMILES string of the molecule is NC(=O)c1n[nH]nc1-c1ccc(OC(=O)c2ccc(Cl)cc2Cl)cc1. The second-order valence-corrected chi connectivity index (χ2v) is 5.77. The van der Waals surface area contributed by atoms with Crippen molar-refractivity contribution in [2.24, 2.45) is 5.73 Å². The third-order valence-corrected chi connectivity index (χ3v) is 3.82. The van der Waals surface area contributed by atoms with Crippen LogP contribution in [0.1, 0.15) is 20.8 Å². The van der Waals surface area contributed by atoms with Gasteiger partial charge < -0.3 is 10.5 Å². The van der Waals surface area contributed by atoms with Crippen molar-refractivity contribution in [1.29, 1.82) is 0 Å². The van der Waals surface area contributed by atoms with E-state index in [1.165, 1.54) is 12.1 Å². The third-order valence-electron chi connectivity index (χ3n) is 3.27. The van der Waals surface area contributed by atoms with Crippen LogP contribution in [0.2, 0.25) is 10.0 Å². The maximum Gasteiger partial charge on any atom is 0.345 e. The number of aromatic amines is 1. The Hall–Kier alpha value is -2.90. The summed E-state index contributed by atoms with van der Waals surface area (Å²) in [6.45, 7) is 0. The lowest BCUT2D eigenvalue weighted by Crippen LogP contribution is -2.12. The molecule has 1 aromatic heterocycles. The van der Waals surface area contributed by atoms with E-state index in [9.17, 15) is 9.59 Å². The zero-order valence-electron chi connectivity index (χ0n) is 12.5. The molecule has 3 N–H and O–H groups in total. The Morgan fingerprint density at radius 3 is 2.40 bits per heavy atom. The van der Waals surface area contributed by atoms with Gasteiger partial charge in [0.05, 0.1) is 10.6 Å². The summed E-state index contributed by atoms with van der Waals surface area (Å²) in [7, 11) is 0. The number of carbonyl (C=O) groups excluding carboxylic acids is 2. The van der Waals surface area contributed by atoms with Gasteiger partial charge in [-0.25, -0.2) is 4.79 Å². The zero-order valence-corrected chi connectivity index (χ0v) is 14.0. The quantitative estimate of drug-likeness (QED) is 0.536. The number of carbonyl (C=O) groups is 2. The molecule has 0 aliphatic heterocycles. The van der Waals surface area contributed by atoms with Gasteiger partial charge in [0.25, 0.3) is 5.91 Å². The number of primary amides is 1. The number of aromatic nitrogens is 3. The molecule has 0 saturated heterocycles. The number of nitrogens with one attached hydrogen (secondary N) is 1. The monoisotopic (exact) mass is 376 g/mol. The lowest BCUT2D eigenvalue weighted by atomic mass is 10.1. The van der Waals surface area contributed by atoms with E-state index in [0.29, 0.717) is 22.0 Å². The molecule has 3 aromatic rings. The van der Waals surface area contributed by atoms with Crippen molar-refractivity contribution in [3.05, 3.63) is 63.8 Å². The van der Waals surface area contributed by atoms with E-state index in [1.54, 1.807) is 30.3 Å². The standard InChI is InChI=1S/C16H10Cl2N4O3/c17-9-3-6-11(12(18)7-9)16(24)25-10-4-1-8(2-5-10)13-14(15(19)23)21-22-20-13/h1-7H,(H2,19,23)(H,20,21,22). The van der Waals surface area contributed by atoms with E-state index < -0.39 is 11.9 Å². The Balaban J connectivity index is 1.80. The zero-order chi connectivity index (χ0) is 18.0. The highest BCUT2D eigenvalue weighted by Gasteiger charge is 2.16. The molecule has 126 valence electrons. The molecule has 0 spiro atoms. The highest BCUT2D eigenvalue weighted by atomic mass is 35.5. The van der Waals surface area contributed by atoms with E-state index in [4.69, 9.17) is 33.7 Å². The fourth-order valence-corrected chi connectivity index (χ4v) is 2.59. The molecule has 0 bridgehead atoms. The van der Waals surface area contributed by atoms with E-state index in [-0.39, 0.29) is 16.3 Å². The summed E-state index contributed by atoms with van der Waals surface area (Å²) in [5.74, 6) is -1.02. The van der Waals surface area contributed by atoms with Crippen LogP contribution < -0.4 is 10.5 Å². The second kappa shape index (κ2) is 6.92. The molecule has 0 aliphatic carbocycles. The van der Waals surface area contributed by atoms with Crippen LogP contribution in [0.5, 0.6) is 5.75 Å². The van der Waals surface area contributed by atoms with Crippen molar-refractivity contribution in [1.82, 2.24) is 15.4 Å². The molecule has 7 nitrogen and oxygen atoms in total. The minimum atomic E-state index is -0.698. The fraction of sp³-hybridized carbons (Fsp3) is 0. The molecule has 0 radical (unpaired) electrons. The van der Waals surface area contributed by atoms with Crippen LogP contribution in [0.3, 0.4) is 0 Å². The van der Waals surface area contributed by atoms with Gasteiger partial charge in [0.15, 0.2) is 5.69 Å². The molecular formula is C16H10Cl2N4O3. The van der Waals surface area contributed by atoms with Gasteiger partial charge in [-0.3, -0.25) is 4.79 Å². The predicted molar refractivity (Wildman–Crippen MR) is 91.8 cm³/mol. The number of benzene rings is 2. The maximum absolute atomic E-state index is 12.2. The van der Waals surface area contributed by atoms with Gasteiger partial charge in [0, 0.05) is 10.6 Å². The van der Waals surface area contributed by atoms with E-state index in [1.807, 2.05) is 0 Å². The first-order chi connectivity index (χ1) is 12.0. The number of hydrogen-bond acceptors (Lipinski definition) is 5. The lowest BCUT2D eigenvalue weighted by molar-refractivity contribution is 0.0734. The summed E-state index contributed by atoms with van der Waals surface area (Å²) < 4.78 is 5.27. The van der Waals surface area contributed by atoms with Gasteiger partial charge in [0.1, 0.15) is 11.4 Å². The van der Waals surface area contributed by atoms with Crippen LogP contribution in [0.4, 0.5) is 0 Å². The normalized spacial score (nSPS) is 10.5. The van der Waals surface area contributed by atoms with Crippen LogP contribution in [-0.2, 0) is 0 Å². The first kappa shape index (κ1) is 16.9. The van der Waals surface area contributed by atoms with Gasteiger partial charge in [-0.15, -0.1) is 0 Å². The molecule has 0 saturated carbocycles. The molecule has 9 heteroatoms. The molecule has 1 heterocycles. The van der Waals surface area contributed by atoms with Crippen molar-refractivity contribution in [2.75, 3.05) is 0 Å². The third kappa shape index (κ3) is 3.62. The van der Waals surface area contributed by atoms with Crippen molar-refractivity contribution in [2.45, 2.75) is 0 Å². The van der Waals surface area contributed by atoms with Gasteiger partial charge in [0.2, 0.25) is 0 Å². The van der Waals surface area contributed by atoms with Gasteiger partial charge >= 0.3 is 5.97 Å². The number of hydrogen-bond donors (Lipinski definition) is 2. The average Bonchev–Trinajstić information content (AvgIpc) is 3.05. The number of amides is 1. The predicted octanol–water partition coefficient (Wildman–Crippen LogP) is 3.10. The van der Waals surface area contributed by atoms with Crippen molar-refractivity contribution >= 4 is 35.1 Å². The second-order valence-electron chi connectivity index (χ2n) is 4.92. The van der Waals surface area contributed by atoms with Gasteiger partial charge in [-0.1, -0.05) is 23.2 Å². The van der Waals surface area contributed by atoms with E-state index >= 15 is 0 Å². The van der Waals surface area contributed by atoms with Crippen LogP contribution >= 0.6 is 23.2 Å². The number of H-pyrrole nitrogens is 1. The van der Waals surface area contributed by atoms with Gasteiger partial charge in [-0.2, -0.15) is 15.4 Å². The fourth-order valence-electron chi connectivity index (χ4n) is 2.10. The Morgan fingerprint density at radius 1 is 1.04 bits per heavy atom. The van der Waals surface area contributed by atoms with Crippen LogP contribution in [0.15, 0.2) is 42.5 Å². The van der Waals surface area contributed by atoms with Crippen LogP contribution in [0, 0.1) is 0 Å². The van der Waals surface area contributed by atoms with Crippen molar-refractivity contribution < 1.29 is 14.3 Å². The van der Waals surface area contributed by atoms with Crippen LogP contribution in [-0.4, -0.2) is 27.3 Å². The number of ether oxygens (including phenoxy) is 1. The molecule has 25 heavy (non-hydrogen) atoms. The Labute approximate surface area is 151 Å². The summed E-state index contributed by atoms with van der Waals surface area (Å²) in [6.07, 6.45) is 0. The van der Waals surface area contributed by atoms with Crippen molar-refractivity contribution in [3.63, 3.8) is 0 Å². The molecule has 1 amide bonds. The van der Waals surface area contributed by atoms with Crippen molar-refractivity contribution in [3.8, 4) is 17.0 Å². The first-order valence-electron chi connectivity index (χ1n) is 6.94. The number of nitrogens with two attached hydrogens (primary N) is 1. The number of rotatable bonds is 4. The molecule has 3 rings (SSSR count). The Bertz CT molecular complexity index is 954. The van der Waals surface area contributed by atoms with E-state index in [2.05, 4.69) is 15.4 Å². The molecule has 0 fully saturated rings. The minimum Gasteiger partial charge on any atom is -0.423 e. The topological polar surface area (TPSA) is 111 Å². The average molecular weight is 377 g/mol.